The number of anilines is 2. The molecule has 1 aromatic carbocycles. The maximum Gasteiger partial charge on any atom is 0.148 e. The Kier molecular flexibility index (Phi) is 2.92. The van der Waals surface area contributed by atoms with Crippen LogP contribution in [0.1, 0.15) is 38.5 Å². The molecule has 1 aliphatic carbocycles. The van der Waals surface area contributed by atoms with Gasteiger partial charge in [0.1, 0.15) is 5.82 Å². The third-order valence-corrected chi connectivity index (χ3v) is 4.74. The van der Waals surface area contributed by atoms with Crippen LogP contribution in [0.5, 0.6) is 0 Å². The zero-order chi connectivity index (χ0) is 12.6. The highest BCUT2D eigenvalue weighted by atomic mass is 19.1. The topological polar surface area (TPSA) is 15.3 Å². The molecule has 0 aromatic heterocycles. The van der Waals surface area contributed by atoms with Crippen LogP contribution in [-0.4, -0.2) is 19.1 Å². The van der Waals surface area contributed by atoms with Crippen molar-refractivity contribution in [2.24, 2.45) is 0 Å². The summed E-state index contributed by atoms with van der Waals surface area (Å²) in [6.07, 6.45) is 7.53. The van der Waals surface area contributed by atoms with Crippen molar-refractivity contribution in [2.45, 2.75) is 44.1 Å². The summed E-state index contributed by atoms with van der Waals surface area (Å²) in [7, 11) is 2.14. The van der Waals surface area contributed by atoms with Crippen LogP contribution < -0.4 is 10.2 Å². The van der Waals surface area contributed by atoms with E-state index in [1.165, 1.54) is 32.1 Å². The van der Waals surface area contributed by atoms with E-state index in [-0.39, 0.29) is 11.4 Å². The molecule has 2 nitrogen and oxygen atoms in total. The van der Waals surface area contributed by atoms with E-state index in [2.05, 4.69) is 17.3 Å². The van der Waals surface area contributed by atoms with E-state index in [0.29, 0.717) is 5.69 Å². The molecule has 3 heteroatoms. The van der Waals surface area contributed by atoms with E-state index in [1.54, 1.807) is 6.07 Å². The van der Waals surface area contributed by atoms with Gasteiger partial charge >= 0.3 is 0 Å². The molecule has 2 aliphatic rings. The molecule has 0 amide bonds. The number of hydrogen-bond donors (Lipinski definition) is 1. The van der Waals surface area contributed by atoms with Gasteiger partial charge in [-0.2, -0.15) is 0 Å². The number of hydrogen-bond acceptors (Lipinski definition) is 2. The molecule has 0 unspecified atom stereocenters. The summed E-state index contributed by atoms with van der Waals surface area (Å²) in [5.41, 5.74) is 1.95. The Bertz CT molecular complexity index is 438. The number of benzene rings is 1. The van der Waals surface area contributed by atoms with Crippen molar-refractivity contribution in [2.75, 3.05) is 23.8 Å². The zero-order valence-corrected chi connectivity index (χ0v) is 11.0. The highest BCUT2D eigenvalue weighted by Crippen LogP contribution is 2.43. The lowest BCUT2D eigenvalue weighted by atomic mass is 9.78. The SMILES string of the molecule is CN1c2cccc(F)c2NCCC12CCCCC2. The largest absolute Gasteiger partial charge is 0.381 e. The summed E-state index contributed by atoms with van der Waals surface area (Å²) in [6, 6.07) is 5.39. The number of halogens is 1. The molecule has 1 saturated carbocycles. The van der Waals surface area contributed by atoms with Crippen LogP contribution >= 0.6 is 0 Å². The Labute approximate surface area is 108 Å². The lowest BCUT2D eigenvalue weighted by Gasteiger charge is -2.45. The van der Waals surface area contributed by atoms with E-state index >= 15 is 0 Å². The van der Waals surface area contributed by atoms with Crippen molar-refractivity contribution in [3.8, 4) is 0 Å². The maximum atomic E-state index is 13.9. The highest BCUT2D eigenvalue weighted by molar-refractivity contribution is 5.72. The van der Waals surface area contributed by atoms with Crippen molar-refractivity contribution in [3.05, 3.63) is 24.0 Å². The fourth-order valence-corrected chi connectivity index (χ4v) is 3.61. The van der Waals surface area contributed by atoms with E-state index < -0.39 is 0 Å². The van der Waals surface area contributed by atoms with Gasteiger partial charge in [0.25, 0.3) is 0 Å². The molecule has 0 atom stereocenters. The van der Waals surface area contributed by atoms with Crippen LogP contribution in [0.4, 0.5) is 15.8 Å². The Hall–Kier alpha value is -1.25. The monoisotopic (exact) mass is 248 g/mol. The van der Waals surface area contributed by atoms with Gasteiger partial charge in [-0.15, -0.1) is 0 Å². The van der Waals surface area contributed by atoms with Crippen LogP contribution in [0.25, 0.3) is 0 Å². The number of nitrogens with zero attached hydrogens (tertiary/aromatic N) is 1. The van der Waals surface area contributed by atoms with E-state index in [0.717, 1.165) is 18.7 Å². The van der Waals surface area contributed by atoms with Crippen molar-refractivity contribution in [1.82, 2.24) is 0 Å². The number of para-hydroxylation sites is 1. The van der Waals surface area contributed by atoms with Crippen LogP contribution in [0, 0.1) is 5.82 Å². The summed E-state index contributed by atoms with van der Waals surface area (Å²) in [5, 5.41) is 3.28. The average Bonchev–Trinajstić information content (AvgIpc) is 2.52. The summed E-state index contributed by atoms with van der Waals surface area (Å²) in [5.74, 6) is -0.132. The minimum Gasteiger partial charge on any atom is -0.381 e. The Morgan fingerprint density at radius 2 is 1.94 bits per heavy atom. The van der Waals surface area contributed by atoms with Crippen molar-refractivity contribution < 1.29 is 4.39 Å². The fourth-order valence-electron chi connectivity index (χ4n) is 3.61. The normalized spacial score (nSPS) is 22.2. The number of fused-ring (bicyclic) bond motifs is 1. The number of rotatable bonds is 0. The first-order valence-electron chi connectivity index (χ1n) is 6.99. The Morgan fingerprint density at radius 3 is 2.72 bits per heavy atom. The minimum absolute atomic E-state index is 0.132. The van der Waals surface area contributed by atoms with Gasteiger partial charge in [-0.1, -0.05) is 25.3 Å². The fraction of sp³-hybridized carbons (Fsp3) is 0.600. The summed E-state index contributed by atoms with van der Waals surface area (Å²) in [4.78, 5) is 2.34. The van der Waals surface area contributed by atoms with Crippen molar-refractivity contribution in [3.63, 3.8) is 0 Å². The zero-order valence-electron chi connectivity index (χ0n) is 11.0. The lowest BCUT2D eigenvalue weighted by Crippen LogP contribution is -2.48. The molecule has 1 aliphatic heterocycles. The smallest absolute Gasteiger partial charge is 0.148 e. The molecule has 0 bridgehead atoms. The van der Waals surface area contributed by atoms with Crippen LogP contribution in [-0.2, 0) is 0 Å². The molecule has 0 saturated heterocycles. The molecule has 18 heavy (non-hydrogen) atoms. The number of nitrogens with one attached hydrogen (secondary N) is 1. The van der Waals surface area contributed by atoms with Crippen molar-refractivity contribution >= 4 is 11.4 Å². The van der Waals surface area contributed by atoms with Crippen LogP contribution in [0.3, 0.4) is 0 Å². The third kappa shape index (κ3) is 1.76. The van der Waals surface area contributed by atoms with Gasteiger partial charge < -0.3 is 10.2 Å². The molecular formula is C15H21FN2. The van der Waals surface area contributed by atoms with E-state index in [9.17, 15) is 4.39 Å². The Morgan fingerprint density at radius 1 is 1.17 bits per heavy atom. The molecule has 98 valence electrons. The molecule has 1 fully saturated rings. The average molecular weight is 248 g/mol. The van der Waals surface area contributed by atoms with Crippen LogP contribution in [0.2, 0.25) is 0 Å². The molecule has 3 rings (SSSR count). The first-order chi connectivity index (χ1) is 8.73. The van der Waals surface area contributed by atoms with Gasteiger partial charge in [-0.3, -0.25) is 0 Å². The van der Waals surface area contributed by atoms with Gasteiger partial charge in [0.2, 0.25) is 0 Å². The van der Waals surface area contributed by atoms with Gasteiger partial charge in [0.05, 0.1) is 11.4 Å². The molecular weight excluding hydrogens is 227 g/mol. The highest BCUT2D eigenvalue weighted by Gasteiger charge is 2.38. The van der Waals surface area contributed by atoms with Crippen LogP contribution in [0.15, 0.2) is 18.2 Å². The van der Waals surface area contributed by atoms with E-state index in [1.807, 2.05) is 12.1 Å². The standard InChI is InChI=1S/C15H21FN2/c1-18-13-7-5-6-12(16)14(13)17-11-10-15(18)8-3-2-4-9-15/h5-7,17H,2-4,8-11H2,1H3. The molecule has 1 N–H and O–H groups in total. The quantitative estimate of drug-likeness (QED) is 0.751. The summed E-state index contributed by atoms with van der Waals surface area (Å²) < 4.78 is 13.9. The van der Waals surface area contributed by atoms with E-state index in [4.69, 9.17) is 0 Å². The summed E-state index contributed by atoms with van der Waals surface area (Å²) in [6.45, 7) is 0.873. The Balaban J connectivity index is 2.02. The molecule has 1 heterocycles. The minimum atomic E-state index is -0.132. The molecule has 1 aromatic rings. The predicted molar refractivity (Wildman–Crippen MR) is 73.7 cm³/mol. The first-order valence-corrected chi connectivity index (χ1v) is 6.99. The third-order valence-electron chi connectivity index (χ3n) is 4.74. The van der Waals surface area contributed by atoms with Gasteiger partial charge in [-0.25, -0.2) is 4.39 Å². The molecule has 0 radical (unpaired) electrons. The second kappa shape index (κ2) is 4.45. The lowest BCUT2D eigenvalue weighted by molar-refractivity contribution is 0.274. The second-order valence-electron chi connectivity index (χ2n) is 5.65. The van der Waals surface area contributed by atoms with Crippen molar-refractivity contribution in [1.29, 1.82) is 0 Å². The maximum absolute atomic E-state index is 13.9. The van der Waals surface area contributed by atoms with Gasteiger partial charge in [0, 0.05) is 19.1 Å². The van der Waals surface area contributed by atoms with Gasteiger partial charge in [0.15, 0.2) is 0 Å². The first kappa shape index (κ1) is 11.8. The second-order valence-corrected chi connectivity index (χ2v) is 5.65. The molecule has 1 spiro atoms. The predicted octanol–water partition coefficient (Wildman–Crippen LogP) is 3.78. The summed E-state index contributed by atoms with van der Waals surface area (Å²) >= 11 is 0. The van der Waals surface area contributed by atoms with Gasteiger partial charge in [-0.05, 0) is 31.4 Å².